The highest BCUT2D eigenvalue weighted by molar-refractivity contribution is 5.35. The molecule has 0 unspecified atom stereocenters. The van der Waals surface area contributed by atoms with Crippen LogP contribution in [-0.4, -0.2) is 18.1 Å². The van der Waals surface area contributed by atoms with Gasteiger partial charge in [0.1, 0.15) is 5.82 Å². The zero-order valence-electron chi connectivity index (χ0n) is 10.6. The molecule has 16 heavy (non-hydrogen) atoms. The number of pyridine rings is 1. The predicted molar refractivity (Wildman–Crippen MR) is 69.6 cm³/mol. The van der Waals surface area contributed by atoms with Crippen LogP contribution in [0.1, 0.15) is 32.9 Å². The lowest BCUT2D eigenvalue weighted by Crippen LogP contribution is -2.19. The Morgan fingerprint density at radius 3 is 2.81 bits per heavy atom. The van der Waals surface area contributed by atoms with Crippen LogP contribution in [0.4, 0.5) is 5.82 Å². The molecule has 0 aliphatic heterocycles. The van der Waals surface area contributed by atoms with Crippen LogP contribution >= 0.6 is 0 Å². The fraction of sp³-hybridized carbons (Fsp3) is 0.615. The molecular formula is C13H23N3. The average Bonchev–Trinajstić information content (AvgIpc) is 2.26. The SMILES string of the molecule is CCCNc1cccc(CNCC(C)C)n1. The Labute approximate surface area is 98.7 Å². The van der Waals surface area contributed by atoms with Gasteiger partial charge in [0.05, 0.1) is 5.69 Å². The third-order valence-corrected chi connectivity index (χ3v) is 2.22. The first-order valence-electron chi connectivity index (χ1n) is 6.13. The van der Waals surface area contributed by atoms with Crippen LogP contribution in [0.5, 0.6) is 0 Å². The third kappa shape index (κ3) is 5.12. The quantitative estimate of drug-likeness (QED) is 0.743. The second kappa shape index (κ2) is 7.23. The highest BCUT2D eigenvalue weighted by Gasteiger charge is 1.98. The zero-order chi connectivity index (χ0) is 11.8. The number of aromatic nitrogens is 1. The topological polar surface area (TPSA) is 37.0 Å². The van der Waals surface area contributed by atoms with Gasteiger partial charge in [-0.1, -0.05) is 26.8 Å². The van der Waals surface area contributed by atoms with Crippen LogP contribution in [0.2, 0.25) is 0 Å². The van der Waals surface area contributed by atoms with E-state index in [-0.39, 0.29) is 0 Å². The minimum absolute atomic E-state index is 0.682. The Bertz CT molecular complexity index is 297. The lowest BCUT2D eigenvalue weighted by atomic mass is 10.2. The normalized spacial score (nSPS) is 10.8. The van der Waals surface area contributed by atoms with Gasteiger partial charge in [-0.3, -0.25) is 0 Å². The summed E-state index contributed by atoms with van der Waals surface area (Å²) in [6, 6.07) is 6.13. The maximum atomic E-state index is 4.53. The Morgan fingerprint density at radius 2 is 2.12 bits per heavy atom. The molecule has 2 N–H and O–H groups in total. The highest BCUT2D eigenvalue weighted by atomic mass is 15.0. The van der Waals surface area contributed by atoms with E-state index in [1.807, 2.05) is 6.07 Å². The van der Waals surface area contributed by atoms with Crippen molar-refractivity contribution in [3.05, 3.63) is 23.9 Å². The van der Waals surface area contributed by atoms with Crippen molar-refractivity contribution in [2.75, 3.05) is 18.4 Å². The Hall–Kier alpha value is -1.09. The standard InChI is InChI=1S/C13H23N3/c1-4-8-15-13-7-5-6-12(16-13)10-14-9-11(2)3/h5-7,11,14H,4,8-10H2,1-3H3,(H,15,16). The second-order valence-electron chi connectivity index (χ2n) is 4.47. The molecule has 1 aromatic heterocycles. The number of nitrogens with zero attached hydrogens (tertiary/aromatic N) is 1. The van der Waals surface area contributed by atoms with Crippen LogP contribution in [0, 0.1) is 5.92 Å². The second-order valence-corrected chi connectivity index (χ2v) is 4.47. The molecule has 0 aromatic carbocycles. The van der Waals surface area contributed by atoms with Crippen molar-refractivity contribution in [2.24, 2.45) is 5.92 Å². The molecule has 0 aliphatic carbocycles. The van der Waals surface area contributed by atoms with Crippen molar-refractivity contribution in [2.45, 2.75) is 33.7 Å². The van der Waals surface area contributed by atoms with Crippen LogP contribution in [0.3, 0.4) is 0 Å². The molecule has 3 heteroatoms. The molecule has 1 rings (SSSR count). The number of anilines is 1. The van der Waals surface area contributed by atoms with Gasteiger partial charge in [0.25, 0.3) is 0 Å². The third-order valence-electron chi connectivity index (χ3n) is 2.22. The molecule has 0 saturated carbocycles. The van der Waals surface area contributed by atoms with E-state index >= 15 is 0 Å². The van der Waals surface area contributed by atoms with Crippen LogP contribution < -0.4 is 10.6 Å². The molecular weight excluding hydrogens is 198 g/mol. The molecule has 0 saturated heterocycles. The molecule has 0 atom stereocenters. The summed E-state index contributed by atoms with van der Waals surface area (Å²) >= 11 is 0. The molecule has 1 aromatic rings. The summed E-state index contributed by atoms with van der Waals surface area (Å²) in [5, 5.41) is 6.69. The highest BCUT2D eigenvalue weighted by Crippen LogP contribution is 2.04. The first-order chi connectivity index (χ1) is 7.72. The predicted octanol–water partition coefficient (Wildman–Crippen LogP) is 2.65. The van der Waals surface area contributed by atoms with Gasteiger partial charge in [0, 0.05) is 13.1 Å². The molecule has 3 nitrogen and oxygen atoms in total. The van der Waals surface area contributed by atoms with Crippen molar-refractivity contribution >= 4 is 5.82 Å². The van der Waals surface area contributed by atoms with Gasteiger partial charge < -0.3 is 10.6 Å². The molecule has 0 bridgehead atoms. The van der Waals surface area contributed by atoms with Gasteiger partial charge in [-0.25, -0.2) is 4.98 Å². The summed E-state index contributed by atoms with van der Waals surface area (Å²) in [7, 11) is 0. The first-order valence-corrected chi connectivity index (χ1v) is 6.13. The van der Waals surface area contributed by atoms with Gasteiger partial charge in [0.2, 0.25) is 0 Å². The molecule has 0 spiro atoms. The van der Waals surface area contributed by atoms with Crippen molar-refractivity contribution in [1.29, 1.82) is 0 Å². The largest absolute Gasteiger partial charge is 0.370 e. The summed E-state index contributed by atoms with van der Waals surface area (Å²) in [5.41, 5.74) is 1.10. The van der Waals surface area contributed by atoms with Gasteiger partial charge in [-0.15, -0.1) is 0 Å². The van der Waals surface area contributed by atoms with Crippen molar-refractivity contribution in [1.82, 2.24) is 10.3 Å². The smallest absolute Gasteiger partial charge is 0.126 e. The van der Waals surface area contributed by atoms with E-state index in [0.717, 1.165) is 37.6 Å². The number of rotatable bonds is 7. The van der Waals surface area contributed by atoms with E-state index in [4.69, 9.17) is 0 Å². The Morgan fingerprint density at radius 1 is 1.31 bits per heavy atom. The molecule has 1 heterocycles. The minimum atomic E-state index is 0.682. The van der Waals surface area contributed by atoms with Gasteiger partial charge in [0.15, 0.2) is 0 Å². The minimum Gasteiger partial charge on any atom is -0.370 e. The molecule has 90 valence electrons. The molecule has 0 radical (unpaired) electrons. The van der Waals surface area contributed by atoms with E-state index in [0.29, 0.717) is 5.92 Å². The Balaban J connectivity index is 2.40. The fourth-order valence-corrected chi connectivity index (χ4v) is 1.42. The monoisotopic (exact) mass is 221 g/mol. The van der Waals surface area contributed by atoms with Crippen molar-refractivity contribution < 1.29 is 0 Å². The molecule has 0 fully saturated rings. The van der Waals surface area contributed by atoms with Crippen LogP contribution in [-0.2, 0) is 6.54 Å². The van der Waals surface area contributed by atoms with Gasteiger partial charge in [-0.2, -0.15) is 0 Å². The average molecular weight is 221 g/mol. The summed E-state index contributed by atoms with van der Waals surface area (Å²) < 4.78 is 0. The van der Waals surface area contributed by atoms with Crippen LogP contribution in [0.25, 0.3) is 0 Å². The summed E-state index contributed by atoms with van der Waals surface area (Å²) in [4.78, 5) is 4.53. The first kappa shape index (κ1) is 13.0. The summed E-state index contributed by atoms with van der Waals surface area (Å²) in [5.74, 6) is 1.66. The lowest BCUT2D eigenvalue weighted by Gasteiger charge is -2.08. The summed E-state index contributed by atoms with van der Waals surface area (Å²) in [6.45, 7) is 9.43. The van der Waals surface area contributed by atoms with Gasteiger partial charge >= 0.3 is 0 Å². The van der Waals surface area contributed by atoms with Crippen molar-refractivity contribution in [3.63, 3.8) is 0 Å². The zero-order valence-corrected chi connectivity index (χ0v) is 10.6. The van der Waals surface area contributed by atoms with Gasteiger partial charge in [-0.05, 0) is 31.0 Å². The van der Waals surface area contributed by atoms with Crippen LogP contribution in [0.15, 0.2) is 18.2 Å². The van der Waals surface area contributed by atoms with E-state index in [9.17, 15) is 0 Å². The number of hydrogen-bond acceptors (Lipinski definition) is 3. The van der Waals surface area contributed by atoms with E-state index < -0.39 is 0 Å². The van der Waals surface area contributed by atoms with E-state index in [2.05, 4.69) is 48.5 Å². The lowest BCUT2D eigenvalue weighted by molar-refractivity contribution is 0.548. The molecule has 0 amide bonds. The van der Waals surface area contributed by atoms with Crippen molar-refractivity contribution in [3.8, 4) is 0 Å². The maximum Gasteiger partial charge on any atom is 0.126 e. The number of hydrogen-bond donors (Lipinski definition) is 2. The van der Waals surface area contributed by atoms with E-state index in [1.54, 1.807) is 0 Å². The fourth-order valence-electron chi connectivity index (χ4n) is 1.42. The number of nitrogens with one attached hydrogen (secondary N) is 2. The molecule has 0 aliphatic rings. The Kier molecular flexibility index (Phi) is 5.86. The summed E-state index contributed by atoms with van der Waals surface area (Å²) in [6.07, 6.45) is 1.12. The van der Waals surface area contributed by atoms with E-state index in [1.165, 1.54) is 0 Å². The maximum absolute atomic E-state index is 4.53.